The highest BCUT2D eigenvalue weighted by Crippen LogP contribution is 2.63. The summed E-state index contributed by atoms with van der Waals surface area (Å²) in [5.74, 6) is -0.0562. The van der Waals surface area contributed by atoms with Crippen molar-refractivity contribution in [3.05, 3.63) is 21.2 Å². The zero-order chi connectivity index (χ0) is 23.1. The quantitative estimate of drug-likeness (QED) is 0.259. The lowest BCUT2D eigenvalue weighted by atomic mass is 10.1. The van der Waals surface area contributed by atoms with Gasteiger partial charge in [0.25, 0.3) is 0 Å². The SMILES string of the molecule is Nc1nc(=O)n(C2OC(COP(=O)(O)OP(=O)(O)O[P+](=O)[O-])C(O)C2O)c2cscc12. The second-order valence-corrected chi connectivity index (χ2v) is 10.6. The molecule has 172 valence electrons. The first-order valence-electron chi connectivity index (χ1n) is 7.92. The lowest BCUT2D eigenvalue weighted by Crippen LogP contribution is -2.36. The van der Waals surface area contributed by atoms with Crippen molar-refractivity contribution in [1.29, 1.82) is 0 Å². The van der Waals surface area contributed by atoms with E-state index in [4.69, 9.17) is 15.4 Å². The number of hydrogen-bond donors (Lipinski definition) is 5. The molecule has 2 aromatic heterocycles. The van der Waals surface area contributed by atoms with Gasteiger partial charge in [0.05, 0.1) is 17.5 Å². The van der Waals surface area contributed by atoms with Crippen molar-refractivity contribution in [3.8, 4) is 0 Å². The van der Waals surface area contributed by atoms with Gasteiger partial charge in [0.1, 0.15) is 24.1 Å². The van der Waals surface area contributed by atoms with Gasteiger partial charge in [-0.2, -0.15) is 9.29 Å². The summed E-state index contributed by atoms with van der Waals surface area (Å²) in [6, 6.07) is 0. The molecular formula is C11H14N3O13P3S. The van der Waals surface area contributed by atoms with Gasteiger partial charge < -0.3 is 30.5 Å². The highest BCUT2D eigenvalue weighted by molar-refractivity contribution is 7.64. The molecule has 16 nitrogen and oxygen atoms in total. The first-order chi connectivity index (χ1) is 14.3. The predicted octanol–water partition coefficient (Wildman–Crippen LogP) is -1.07. The minimum atomic E-state index is -5.50. The Hall–Kier alpha value is -1.16. The number of phosphoric acid groups is 2. The van der Waals surface area contributed by atoms with E-state index >= 15 is 0 Å². The van der Waals surface area contributed by atoms with Crippen LogP contribution in [0.5, 0.6) is 0 Å². The fraction of sp³-hybridized carbons (Fsp3) is 0.455. The van der Waals surface area contributed by atoms with E-state index in [9.17, 15) is 38.5 Å². The molecule has 0 bridgehead atoms. The van der Waals surface area contributed by atoms with Gasteiger partial charge >= 0.3 is 29.6 Å². The van der Waals surface area contributed by atoms with Crippen LogP contribution in [0.15, 0.2) is 15.6 Å². The van der Waals surface area contributed by atoms with Gasteiger partial charge in [-0.15, -0.1) is 11.3 Å². The Morgan fingerprint density at radius 1 is 1.29 bits per heavy atom. The summed E-state index contributed by atoms with van der Waals surface area (Å²) in [6.45, 7) is -0.976. The largest absolute Gasteiger partial charge is 0.566 e. The number of nitrogen functional groups attached to an aromatic ring is 1. The van der Waals surface area contributed by atoms with Crippen LogP contribution >= 0.6 is 35.2 Å². The van der Waals surface area contributed by atoms with E-state index in [0.29, 0.717) is 5.39 Å². The van der Waals surface area contributed by atoms with Crippen molar-refractivity contribution in [3.63, 3.8) is 0 Å². The smallest absolute Gasteiger partial charge is 0.524 e. The first kappa shape index (κ1) is 24.5. The molecule has 0 spiro atoms. The summed E-state index contributed by atoms with van der Waals surface area (Å²) in [6.07, 6.45) is -6.46. The van der Waals surface area contributed by atoms with Crippen LogP contribution in [0.25, 0.3) is 10.9 Å². The second-order valence-electron chi connectivity index (χ2n) is 5.99. The molecule has 0 amide bonds. The summed E-state index contributed by atoms with van der Waals surface area (Å²) >= 11 is 1.18. The summed E-state index contributed by atoms with van der Waals surface area (Å²) in [7, 11) is -14.8. The van der Waals surface area contributed by atoms with Crippen molar-refractivity contribution < 1.29 is 56.5 Å². The van der Waals surface area contributed by atoms with Gasteiger partial charge in [0.15, 0.2) is 6.23 Å². The molecule has 1 aliphatic heterocycles. The number of thiophene rings is 1. The molecule has 0 aliphatic carbocycles. The molecule has 1 aliphatic rings. The number of nitrogens with zero attached hydrogens (tertiary/aromatic N) is 2. The van der Waals surface area contributed by atoms with E-state index in [0.717, 1.165) is 4.57 Å². The van der Waals surface area contributed by atoms with Gasteiger partial charge in [0, 0.05) is 10.8 Å². The third kappa shape index (κ3) is 5.43. The number of ether oxygens (including phenoxy) is 1. The number of aliphatic hydroxyl groups excluding tert-OH is 2. The topological polar surface area (TPSA) is 253 Å². The van der Waals surface area contributed by atoms with Crippen LogP contribution in [0.2, 0.25) is 0 Å². The summed E-state index contributed by atoms with van der Waals surface area (Å²) < 4.78 is 51.3. The number of hydrogen-bond acceptors (Lipinski definition) is 14. The van der Waals surface area contributed by atoms with Crippen molar-refractivity contribution >= 4 is 52.0 Å². The van der Waals surface area contributed by atoms with Crippen molar-refractivity contribution in [2.75, 3.05) is 12.3 Å². The van der Waals surface area contributed by atoms with Gasteiger partial charge in [-0.3, -0.25) is 14.0 Å². The number of aromatic nitrogens is 2. The summed E-state index contributed by atoms with van der Waals surface area (Å²) in [5.41, 5.74) is 5.03. The Kier molecular flexibility index (Phi) is 7.11. The Labute approximate surface area is 176 Å². The highest BCUT2D eigenvalue weighted by Gasteiger charge is 2.47. The normalized spacial score (nSPS) is 28.4. The van der Waals surface area contributed by atoms with Gasteiger partial charge in [-0.1, -0.05) is 0 Å². The molecule has 2 aromatic rings. The molecule has 0 saturated carbocycles. The number of phosphoric ester groups is 1. The number of anilines is 1. The standard InChI is InChI=1S/C11H14N3O13P3S/c12-9-4-2-31-3-5(4)14(11(17)13-9)10-8(16)7(15)6(25-10)1-24-29(20,21)27-30(22,23)26-28(18)19/h2-3,6-8,10,15-16H,1H2,(H,20,21)(H,22,23)(H2,12,13,17). The van der Waals surface area contributed by atoms with Crippen molar-refractivity contribution in [2.45, 2.75) is 24.5 Å². The van der Waals surface area contributed by atoms with Crippen LogP contribution in [0.4, 0.5) is 5.82 Å². The minimum absolute atomic E-state index is 0.0562. The van der Waals surface area contributed by atoms with Crippen LogP contribution in [0.3, 0.4) is 0 Å². The Bertz CT molecular complexity index is 1150. The minimum Gasteiger partial charge on any atom is -0.566 e. The highest BCUT2D eigenvalue weighted by atomic mass is 32.1. The van der Waals surface area contributed by atoms with E-state index in [-0.39, 0.29) is 11.3 Å². The van der Waals surface area contributed by atoms with E-state index in [1.807, 2.05) is 0 Å². The van der Waals surface area contributed by atoms with Crippen LogP contribution in [0, 0.1) is 0 Å². The molecular weight excluding hydrogens is 507 g/mol. The molecule has 3 rings (SSSR count). The van der Waals surface area contributed by atoms with E-state index in [2.05, 4.69) is 18.1 Å². The first-order valence-corrected chi connectivity index (χ1v) is 13.0. The summed E-state index contributed by atoms with van der Waals surface area (Å²) in [4.78, 5) is 44.8. The fourth-order valence-electron chi connectivity index (χ4n) is 2.74. The monoisotopic (exact) mass is 521 g/mol. The van der Waals surface area contributed by atoms with E-state index in [1.165, 1.54) is 16.7 Å². The molecule has 20 heteroatoms. The molecule has 7 unspecified atom stereocenters. The number of aliphatic hydroxyl groups is 2. The van der Waals surface area contributed by atoms with E-state index < -0.39 is 60.7 Å². The Balaban J connectivity index is 1.76. The number of nitrogens with two attached hydrogens (primary N) is 1. The van der Waals surface area contributed by atoms with Crippen LogP contribution in [-0.4, -0.2) is 54.5 Å². The molecule has 3 heterocycles. The molecule has 1 fully saturated rings. The predicted molar refractivity (Wildman–Crippen MR) is 99.6 cm³/mol. The van der Waals surface area contributed by atoms with Crippen LogP contribution in [-0.2, 0) is 31.6 Å². The Morgan fingerprint density at radius 3 is 2.61 bits per heavy atom. The molecule has 31 heavy (non-hydrogen) atoms. The van der Waals surface area contributed by atoms with Gasteiger partial charge in [0.2, 0.25) is 0 Å². The third-order valence-corrected chi connectivity index (χ3v) is 8.19. The van der Waals surface area contributed by atoms with Crippen LogP contribution in [0.1, 0.15) is 6.23 Å². The second kappa shape index (κ2) is 9.00. The Morgan fingerprint density at radius 2 is 1.97 bits per heavy atom. The van der Waals surface area contributed by atoms with Crippen molar-refractivity contribution in [1.82, 2.24) is 9.55 Å². The maximum atomic E-state index is 12.3. The van der Waals surface area contributed by atoms with Crippen molar-refractivity contribution in [2.24, 2.45) is 0 Å². The number of fused-ring (bicyclic) bond motifs is 1. The average molecular weight is 521 g/mol. The maximum Gasteiger partial charge on any atom is 0.524 e. The zero-order valence-corrected chi connectivity index (χ0v) is 18.4. The lowest BCUT2D eigenvalue weighted by molar-refractivity contribution is -0.179. The molecule has 1 saturated heterocycles. The molecule has 7 atom stereocenters. The molecule has 6 N–H and O–H groups in total. The van der Waals surface area contributed by atoms with E-state index in [1.54, 1.807) is 5.38 Å². The molecule has 0 aromatic carbocycles. The summed E-state index contributed by atoms with van der Waals surface area (Å²) in [5, 5.41) is 24.0. The average Bonchev–Trinajstić information content (AvgIpc) is 3.19. The zero-order valence-electron chi connectivity index (χ0n) is 14.9. The van der Waals surface area contributed by atoms with Gasteiger partial charge in [-0.25, -0.2) is 13.9 Å². The fourth-order valence-corrected chi connectivity index (χ4v) is 6.18. The van der Waals surface area contributed by atoms with Crippen LogP contribution < -0.4 is 16.3 Å². The molecule has 0 radical (unpaired) electrons. The lowest BCUT2D eigenvalue weighted by Gasteiger charge is -2.19. The third-order valence-electron chi connectivity index (χ3n) is 3.97. The number of rotatable bonds is 8. The maximum absolute atomic E-state index is 12.3. The van der Waals surface area contributed by atoms with Gasteiger partial charge in [-0.05, 0) is 8.88 Å².